The Morgan fingerprint density at radius 3 is 2.73 bits per heavy atom. The molecule has 1 aliphatic heterocycles. The number of hydrogen-bond donors (Lipinski definition) is 1. The summed E-state index contributed by atoms with van der Waals surface area (Å²) in [5.74, 6) is 1.40. The number of nitrogen functional groups attached to an aromatic ring is 1. The summed E-state index contributed by atoms with van der Waals surface area (Å²) in [6, 6.07) is 5.64. The molecule has 2 N–H and O–H groups in total. The van der Waals surface area contributed by atoms with Gasteiger partial charge in [0, 0.05) is 19.2 Å². The maximum atomic E-state index is 12.0. The van der Waals surface area contributed by atoms with E-state index in [-0.39, 0.29) is 5.91 Å². The van der Waals surface area contributed by atoms with Crippen molar-refractivity contribution in [2.75, 3.05) is 25.4 Å². The molecule has 0 aliphatic carbocycles. The first-order valence-corrected chi connectivity index (χ1v) is 8.05. The number of carbonyl (C=O) groups excluding carboxylic acids is 1. The number of nitrogens with zero attached hydrogens (tertiary/aromatic N) is 1. The van der Waals surface area contributed by atoms with Gasteiger partial charge in [-0.1, -0.05) is 19.9 Å². The van der Waals surface area contributed by atoms with E-state index in [1.54, 1.807) is 6.08 Å². The summed E-state index contributed by atoms with van der Waals surface area (Å²) in [6.45, 7) is 6.74. The van der Waals surface area contributed by atoms with Crippen LogP contribution in [0.15, 0.2) is 24.3 Å². The van der Waals surface area contributed by atoms with Crippen LogP contribution in [0, 0.1) is 5.92 Å². The third kappa shape index (κ3) is 4.79. The molecule has 0 unspecified atom stereocenters. The lowest BCUT2D eigenvalue weighted by atomic mass is 10.1. The zero-order chi connectivity index (χ0) is 15.9. The predicted molar refractivity (Wildman–Crippen MR) is 90.7 cm³/mol. The summed E-state index contributed by atoms with van der Waals surface area (Å²) in [4.78, 5) is 13.8. The van der Waals surface area contributed by atoms with Gasteiger partial charge in [-0.2, -0.15) is 0 Å². The van der Waals surface area contributed by atoms with Crippen LogP contribution in [-0.4, -0.2) is 30.5 Å². The quantitative estimate of drug-likeness (QED) is 0.648. The van der Waals surface area contributed by atoms with Gasteiger partial charge in [-0.3, -0.25) is 4.79 Å². The molecule has 0 aromatic heterocycles. The number of rotatable bonds is 6. The predicted octanol–water partition coefficient (Wildman–Crippen LogP) is 3.33. The second-order valence-corrected chi connectivity index (χ2v) is 6.19. The highest BCUT2D eigenvalue weighted by molar-refractivity contribution is 5.92. The van der Waals surface area contributed by atoms with E-state index in [9.17, 15) is 4.79 Å². The molecule has 1 aliphatic rings. The van der Waals surface area contributed by atoms with E-state index in [2.05, 4.69) is 13.8 Å². The molecular formula is C18H26N2O2. The van der Waals surface area contributed by atoms with Crippen molar-refractivity contribution in [3.8, 4) is 5.75 Å². The fraction of sp³-hybridized carbons (Fsp3) is 0.500. The van der Waals surface area contributed by atoms with Crippen molar-refractivity contribution in [1.82, 2.24) is 4.90 Å². The SMILES string of the molecule is CC(C)CCOc1ccc(/C=C\C(=O)N2CCCC2)cc1N. The van der Waals surface area contributed by atoms with Crippen molar-refractivity contribution in [3.63, 3.8) is 0 Å². The molecule has 1 heterocycles. The van der Waals surface area contributed by atoms with Crippen LogP contribution in [0.4, 0.5) is 5.69 Å². The maximum absolute atomic E-state index is 12.0. The third-order valence-corrected chi connectivity index (χ3v) is 3.82. The van der Waals surface area contributed by atoms with Crippen LogP contribution >= 0.6 is 0 Å². The van der Waals surface area contributed by atoms with E-state index < -0.39 is 0 Å². The van der Waals surface area contributed by atoms with E-state index in [4.69, 9.17) is 10.5 Å². The number of nitrogens with two attached hydrogens (primary N) is 1. The van der Waals surface area contributed by atoms with Crippen molar-refractivity contribution < 1.29 is 9.53 Å². The summed E-state index contributed by atoms with van der Waals surface area (Å²) < 4.78 is 5.69. The first-order valence-electron chi connectivity index (χ1n) is 8.05. The molecule has 0 atom stereocenters. The molecule has 0 bridgehead atoms. The van der Waals surface area contributed by atoms with Crippen LogP contribution in [0.1, 0.15) is 38.7 Å². The minimum absolute atomic E-state index is 0.0772. The number of likely N-dealkylation sites (tertiary alicyclic amines) is 1. The van der Waals surface area contributed by atoms with Crippen molar-refractivity contribution in [1.29, 1.82) is 0 Å². The van der Waals surface area contributed by atoms with Crippen LogP contribution in [-0.2, 0) is 4.79 Å². The molecule has 4 heteroatoms. The Morgan fingerprint density at radius 2 is 2.09 bits per heavy atom. The topological polar surface area (TPSA) is 55.6 Å². The Morgan fingerprint density at radius 1 is 1.36 bits per heavy atom. The van der Waals surface area contributed by atoms with Gasteiger partial charge in [-0.05, 0) is 49.0 Å². The number of anilines is 1. The zero-order valence-electron chi connectivity index (χ0n) is 13.5. The highest BCUT2D eigenvalue weighted by Crippen LogP contribution is 2.23. The number of carbonyl (C=O) groups is 1. The molecule has 1 aromatic rings. The summed E-state index contributed by atoms with van der Waals surface area (Å²) in [7, 11) is 0. The second-order valence-electron chi connectivity index (χ2n) is 6.19. The van der Waals surface area contributed by atoms with E-state index in [1.165, 1.54) is 0 Å². The Balaban J connectivity index is 1.92. The largest absolute Gasteiger partial charge is 0.491 e. The first-order chi connectivity index (χ1) is 10.6. The minimum Gasteiger partial charge on any atom is -0.491 e. The van der Waals surface area contributed by atoms with Gasteiger partial charge >= 0.3 is 0 Å². The summed E-state index contributed by atoms with van der Waals surface area (Å²) >= 11 is 0. The van der Waals surface area contributed by atoms with Crippen molar-refractivity contribution in [3.05, 3.63) is 29.8 Å². The fourth-order valence-corrected chi connectivity index (χ4v) is 2.42. The zero-order valence-corrected chi connectivity index (χ0v) is 13.5. The van der Waals surface area contributed by atoms with Gasteiger partial charge < -0.3 is 15.4 Å². The molecule has 22 heavy (non-hydrogen) atoms. The Kier molecular flexibility index (Phi) is 5.87. The molecular weight excluding hydrogens is 276 g/mol. The highest BCUT2D eigenvalue weighted by atomic mass is 16.5. The molecule has 1 fully saturated rings. The van der Waals surface area contributed by atoms with Gasteiger partial charge in [-0.25, -0.2) is 0 Å². The van der Waals surface area contributed by atoms with Gasteiger partial charge in [0.2, 0.25) is 5.91 Å². The van der Waals surface area contributed by atoms with E-state index in [0.29, 0.717) is 24.0 Å². The molecule has 2 rings (SSSR count). The molecule has 0 saturated carbocycles. The van der Waals surface area contributed by atoms with Gasteiger partial charge in [0.05, 0.1) is 12.3 Å². The van der Waals surface area contributed by atoms with E-state index >= 15 is 0 Å². The Bertz CT molecular complexity index is 532. The molecule has 1 amide bonds. The lowest BCUT2D eigenvalue weighted by Crippen LogP contribution is -2.25. The molecule has 1 aromatic carbocycles. The van der Waals surface area contributed by atoms with E-state index in [0.717, 1.165) is 37.9 Å². The van der Waals surface area contributed by atoms with Gasteiger partial charge in [0.15, 0.2) is 0 Å². The summed E-state index contributed by atoms with van der Waals surface area (Å²) in [5.41, 5.74) is 7.54. The summed E-state index contributed by atoms with van der Waals surface area (Å²) in [5, 5.41) is 0. The molecule has 4 nitrogen and oxygen atoms in total. The standard InChI is InChI=1S/C18H26N2O2/c1-14(2)9-12-22-17-7-5-15(13-16(17)19)6-8-18(21)20-10-3-4-11-20/h5-8,13-14H,3-4,9-12,19H2,1-2H3/b8-6-. The van der Waals surface area contributed by atoms with Crippen LogP contribution in [0.2, 0.25) is 0 Å². The van der Waals surface area contributed by atoms with Crippen molar-refractivity contribution in [2.24, 2.45) is 5.92 Å². The number of hydrogen-bond acceptors (Lipinski definition) is 3. The van der Waals surface area contributed by atoms with Crippen LogP contribution < -0.4 is 10.5 Å². The van der Waals surface area contributed by atoms with Gasteiger partial charge in [0.25, 0.3) is 0 Å². The molecule has 0 radical (unpaired) electrons. The third-order valence-electron chi connectivity index (χ3n) is 3.82. The number of amides is 1. The second kappa shape index (κ2) is 7.87. The lowest BCUT2D eigenvalue weighted by molar-refractivity contribution is -0.124. The first kappa shape index (κ1) is 16.4. The maximum Gasteiger partial charge on any atom is 0.246 e. The van der Waals surface area contributed by atoms with Crippen LogP contribution in [0.5, 0.6) is 5.75 Å². The smallest absolute Gasteiger partial charge is 0.246 e. The number of ether oxygens (including phenoxy) is 1. The van der Waals surface area contributed by atoms with Crippen molar-refractivity contribution in [2.45, 2.75) is 33.1 Å². The highest BCUT2D eigenvalue weighted by Gasteiger charge is 2.15. The minimum atomic E-state index is 0.0772. The number of benzene rings is 1. The lowest BCUT2D eigenvalue weighted by Gasteiger charge is -2.12. The van der Waals surface area contributed by atoms with Crippen LogP contribution in [0.25, 0.3) is 6.08 Å². The monoisotopic (exact) mass is 302 g/mol. The summed E-state index contributed by atoms with van der Waals surface area (Å²) in [6.07, 6.45) is 6.66. The van der Waals surface area contributed by atoms with Crippen LogP contribution in [0.3, 0.4) is 0 Å². The van der Waals surface area contributed by atoms with Gasteiger partial charge in [0.1, 0.15) is 5.75 Å². The van der Waals surface area contributed by atoms with E-state index in [1.807, 2.05) is 29.2 Å². The van der Waals surface area contributed by atoms with Crippen molar-refractivity contribution >= 4 is 17.7 Å². The average Bonchev–Trinajstić information content (AvgIpc) is 3.01. The fourth-order valence-electron chi connectivity index (χ4n) is 2.42. The molecule has 120 valence electrons. The molecule has 0 spiro atoms. The van der Waals surface area contributed by atoms with Gasteiger partial charge in [-0.15, -0.1) is 0 Å². The molecule has 1 saturated heterocycles. The Labute approximate surface area is 132 Å². The normalized spacial score (nSPS) is 15.0. The Hall–Kier alpha value is -1.97. The average molecular weight is 302 g/mol.